The molecule has 0 N–H and O–H groups in total. The lowest BCUT2D eigenvalue weighted by Crippen LogP contribution is -2.41. The number of rotatable bonds is 3. The Morgan fingerprint density at radius 2 is 2.18 bits per heavy atom. The average Bonchev–Trinajstić information content (AvgIpc) is 2.30. The van der Waals surface area contributed by atoms with Crippen molar-refractivity contribution >= 4 is 17.5 Å². The van der Waals surface area contributed by atoms with Gasteiger partial charge in [0.2, 0.25) is 5.91 Å². The van der Waals surface area contributed by atoms with Crippen molar-refractivity contribution in [1.82, 2.24) is 4.90 Å². The van der Waals surface area contributed by atoms with Gasteiger partial charge in [-0.2, -0.15) is 0 Å². The second-order valence-corrected chi connectivity index (χ2v) is 5.86. The monoisotopic (exact) mass is 257 g/mol. The van der Waals surface area contributed by atoms with Crippen molar-refractivity contribution in [3.63, 3.8) is 0 Å². The molecule has 0 radical (unpaired) electrons. The minimum absolute atomic E-state index is 0.0455. The van der Waals surface area contributed by atoms with Gasteiger partial charge >= 0.3 is 0 Å². The van der Waals surface area contributed by atoms with Crippen LogP contribution in [0.1, 0.15) is 34.1 Å². The van der Waals surface area contributed by atoms with Gasteiger partial charge in [-0.05, 0) is 32.1 Å². The molecule has 1 rings (SSSR count). The van der Waals surface area contributed by atoms with E-state index in [9.17, 15) is 4.79 Å². The summed E-state index contributed by atoms with van der Waals surface area (Å²) in [5.41, 5.74) is 1.36. The van der Waals surface area contributed by atoms with Crippen molar-refractivity contribution in [3.8, 4) is 0 Å². The summed E-state index contributed by atoms with van der Waals surface area (Å²) in [6.45, 7) is 9.25. The Kier molecular flexibility index (Phi) is 5.05. The van der Waals surface area contributed by atoms with Crippen LogP contribution in [0, 0.1) is 17.8 Å². The fourth-order valence-electron chi connectivity index (χ4n) is 2.50. The number of hydrogen-bond acceptors (Lipinski definition) is 1. The molecule has 3 heteroatoms. The molecule has 2 nitrogen and oxygen atoms in total. The van der Waals surface area contributed by atoms with Crippen LogP contribution in [-0.2, 0) is 4.79 Å². The quantitative estimate of drug-likeness (QED) is 0.561. The summed E-state index contributed by atoms with van der Waals surface area (Å²) in [4.78, 5) is 13.8. The summed E-state index contributed by atoms with van der Waals surface area (Å²) < 4.78 is 0. The van der Waals surface area contributed by atoms with Crippen LogP contribution in [0.3, 0.4) is 0 Å². The van der Waals surface area contributed by atoms with Gasteiger partial charge < -0.3 is 4.90 Å². The molecule has 0 bridgehead atoms. The second kappa shape index (κ2) is 5.90. The molecule has 1 amide bonds. The number of carbonyl (C=O) groups is 1. The lowest BCUT2D eigenvalue weighted by molar-refractivity contribution is -0.130. The van der Waals surface area contributed by atoms with Gasteiger partial charge in [0.05, 0.1) is 0 Å². The highest BCUT2D eigenvalue weighted by Gasteiger charge is 2.35. The summed E-state index contributed by atoms with van der Waals surface area (Å²) in [5, 5.41) is -0.423. The van der Waals surface area contributed by atoms with Gasteiger partial charge in [0.25, 0.3) is 0 Å². The predicted octanol–water partition coefficient (Wildman–Crippen LogP) is 3.31. The molecule has 0 spiro atoms. The molecular weight excluding hydrogens is 234 g/mol. The number of amides is 1. The van der Waals surface area contributed by atoms with Crippen molar-refractivity contribution in [2.45, 2.75) is 39.5 Å². The van der Waals surface area contributed by atoms with Crippen molar-refractivity contribution in [1.29, 1.82) is 0 Å². The maximum Gasteiger partial charge on any atom is 0.240 e. The van der Waals surface area contributed by atoms with E-state index in [-0.39, 0.29) is 11.8 Å². The average molecular weight is 258 g/mol. The molecule has 0 aromatic carbocycles. The summed E-state index contributed by atoms with van der Waals surface area (Å²) in [5.74, 6) is 1.28. The lowest BCUT2D eigenvalue weighted by Gasteiger charge is -2.35. The second-order valence-electron chi connectivity index (χ2n) is 5.39. The van der Waals surface area contributed by atoms with Crippen molar-refractivity contribution in [2.24, 2.45) is 17.8 Å². The van der Waals surface area contributed by atoms with E-state index < -0.39 is 5.38 Å². The van der Waals surface area contributed by atoms with Gasteiger partial charge in [-0.1, -0.05) is 25.5 Å². The van der Waals surface area contributed by atoms with Crippen molar-refractivity contribution in [2.75, 3.05) is 13.6 Å². The molecule has 4 unspecified atom stereocenters. The molecule has 98 valence electrons. The van der Waals surface area contributed by atoms with Gasteiger partial charge in [0, 0.05) is 19.5 Å². The molecule has 1 aliphatic carbocycles. The fourth-order valence-corrected chi connectivity index (χ4v) is 2.97. The van der Waals surface area contributed by atoms with E-state index in [1.54, 1.807) is 4.90 Å². The Labute approximate surface area is 110 Å². The summed E-state index contributed by atoms with van der Waals surface area (Å²) in [6.07, 6.45) is 3.32. The highest BCUT2D eigenvalue weighted by molar-refractivity contribution is 6.31. The fraction of sp³-hybridized carbons (Fsp3) is 0.786. The first kappa shape index (κ1) is 14.6. The van der Waals surface area contributed by atoms with Crippen molar-refractivity contribution in [3.05, 3.63) is 11.6 Å². The third kappa shape index (κ3) is 3.25. The first-order valence-electron chi connectivity index (χ1n) is 6.44. The minimum atomic E-state index is -0.423. The topological polar surface area (TPSA) is 20.3 Å². The third-order valence-corrected chi connectivity index (χ3v) is 4.53. The number of hydrogen-bond donors (Lipinski definition) is 0. The van der Waals surface area contributed by atoms with Gasteiger partial charge in [-0.3, -0.25) is 4.79 Å². The standard InChI is InChI=1S/C14H24ClNO/c1-6-16(5)14(17)13(15)12-8-9(2)7-10(3)11(12)4/h8,10-13H,6-7H2,1-5H3. The normalized spacial score (nSPS) is 30.7. The molecule has 4 atom stereocenters. The smallest absolute Gasteiger partial charge is 0.240 e. The van der Waals surface area contributed by atoms with E-state index in [1.165, 1.54) is 5.57 Å². The van der Waals surface area contributed by atoms with Crippen LogP contribution < -0.4 is 0 Å². The van der Waals surface area contributed by atoms with E-state index in [0.717, 1.165) is 6.42 Å². The largest absolute Gasteiger partial charge is 0.345 e. The zero-order valence-corrected chi connectivity index (χ0v) is 12.3. The van der Waals surface area contributed by atoms with Gasteiger partial charge in [-0.15, -0.1) is 11.6 Å². The van der Waals surface area contributed by atoms with E-state index in [2.05, 4.69) is 26.8 Å². The van der Waals surface area contributed by atoms with E-state index >= 15 is 0 Å². The van der Waals surface area contributed by atoms with E-state index in [1.807, 2.05) is 14.0 Å². The predicted molar refractivity (Wildman–Crippen MR) is 73.1 cm³/mol. The summed E-state index contributed by atoms with van der Waals surface area (Å²) >= 11 is 6.37. The van der Waals surface area contributed by atoms with Crippen LogP contribution in [0.15, 0.2) is 11.6 Å². The van der Waals surface area contributed by atoms with Crippen molar-refractivity contribution < 1.29 is 4.79 Å². The zero-order chi connectivity index (χ0) is 13.2. The van der Waals surface area contributed by atoms with Crippen LogP contribution in [-0.4, -0.2) is 29.8 Å². The molecule has 1 aliphatic rings. The highest BCUT2D eigenvalue weighted by Crippen LogP contribution is 2.37. The number of allylic oxidation sites excluding steroid dienone is 2. The molecule has 0 saturated heterocycles. The van der Waals surface area contributed by atoms with E-state index in [0.29, 0.717) is 18.4 Å². The maximum absolute atomic E-state index is 12.1. The van der Waals surface area contributed by atoms with Crippen LogP contribution in [0.5, 0.6) is 0 Å². The molecule has 0 heterocycles. The molecule has 0 fully saturated rings. The van der Waals surface area contributed by atoms with Gasteiger partial charge in [0.15, 0.2) is 0 Å². The van der Waals surface area contributed by atoms with Crippen LogP contribution in [0.4, 0.5) is 0 Å². The van der Waals surface area contributed by atoms with Crippen LogP contribution in [0.25, 0.3) is 0 Å². The lowest BCUT2D eigenvalue weighted by atomic mass is 9.73. The Morgan fingerprint density at radius 3 is 2.71 bits per heavy atom. The summed E-state index contributed by atoms with van der Waals surface area (Å²) in [7, 11) is 1.81. The number of halogens is 1. The molecule has 0 aromatic heterocycles. The maximum atomic E-state index is 12.1. The Balaban J connectivity index is 2.84. The SMILES string of the molecule is CCN(C)C(=O)C(Cl)C1C=C(C)CC(C)C1C. The molecule has 0 aromatic rings. The van der Waals surface area contributed by atoms with Gasteiger partial charge in [-0.25, -0.2) is 0 Å². The molecule has 17 heavy (non-hydrogen) atoms. The van der Waals surface area contributed by atoms with E-state index in [4.69, 9.17) is 11.6 Å². The van der Waals surface area contributed by atoms with Crippen LogP contribution >= 0.6 is 11.6 Å². The molecular formula is C14H24ClNO. The molecule has 0 aliphatic heterocycles. The first-order valence-corrected chi connectivity index (χ1v) is 6.88. The molecule has 0 saturated carbocycles. The Morgan fingerprint density at radius 1 is 1.59 bits per heavy atom. The van der Waals surface area contributed by atoms with Gasteiger partial charge in [0.1, 0.15) is 5.38 Å². The van der Waals surface area contributed by atoms with Crippen LogP contribution in [0.2, 0.25) is 0 Å². The third-order valence-electron chi connectivity index (χ3n) is 4.05. The highest BCUT2D eigenvalue weighted by atomic mass is 35.5. The minimum Gasteiger partial charge on any atom is -0.345 e. The zero-order valence-electron chi connectivity index (χ0n) is 11.5. The number of nitrogens with zero attached hydrogens (tertiary/aromatic N) is 1. The number of carbonyl (C=O) groups excluding carboxylic acids is 1. The summed E-state index contributed by atoms with van der Waals surface area (Å²) in [6, 6.07) is 0. The Bertz CT molecular complexity index is 313. The Hall–Kier alpha value is -0.500. The first-order chi connectivity index (χ1) is 7.88. The number of alkyl halides is 1.